The van der Waals surface area contributed by atoms with Gasteiger partial charge in [-0.25, -0.2) is 9.59 Å². The largest absolute Gasteiger partial charge is 0.466 e. The number of hydrogen-bond acceptors (Lipinski definition) is 4. The highest BCUT2D eigenvalue weighted by molar-refractivity contribution is 5.87. The molecule has 1 amide bonds. The number of carbonyl (C=O) groups excluding carboxylic acids is 2. The average molecular weight is 223 g/mol. The Hall–Kier alpha value is -2.04. The first-order valence-electron chi connectivity index (χ1n) is 4.74. The minimum Gasteiger partial charge on any atom is -0.466 e. The van der Waals surface area contributed by atoms with Crippen LogP contribution in [0.3, 0.4) is 0 Å². The maximum Gasteiger partial charge on any atom is 0.412 e. The SMILES string of the molecule is COC(=O)C(C)OC(=O)Nc1ccccc1. The molecule has 0 aliphatic rings. The molecule has 5 nitrogen and oxygen atoms in total. The molecule has 0 aliphatic carbocycles. The first-order chi connectivity index (χ1) is 7.63. The van der Waals surface area contributed by atoms with Gasteiger partial charge in [-0.1, -0.05) is 18.2 Å². The number of para-hydroxylation sites is 1. The topological polar surface area (TPSA) is 64.6 Å². The number of benzene rings is 1. The first kappa shape index (κ1) is 12.0. The van der Waals surface area contributed by atoms with Crippen molar-refractivity contribution >= 4 is 17.7 Å². The van der Waals surface area contributed by atoms with Crippen LogP contribution in [0, 0.1) is 0 Å². The van der Waals surface area contributed by atoms with Crippen LogP contribution in [0.2, 0.25) is 0 Å². The van der Waals surface area contributed by atoms with E-state index in [0.29, 0.717) is 5.69 Å². The van der Waals surface area contributed by atoms with E-state index in [1.54, 1.807) is 24.3 Å². The number of methoxy groups -OCH3 is 1. The van der Waals surface area contributed by atoms with Crippen molar-refractivity contribution in [3.05, 3.63) is 30.3 Å². The zero-order valence-electron chi connectivity index (χ0n) is 9.10. The lowest BCUT2D eigenvalue weighted by Crippen LogP contribution is -2.27. The van der Waals surface area contributed by atoms with Crippen molar-refractivity contribution in [1.82, 2.24) is 0 Å². The predicted molar refractivity (Wildman–Crippen MR) is 58.0 cm³/mol. The molecule has 0 saturated heterocycles. The van der Waals surface area contributed by atoms with Crippen LogP contribution in [0.15, 0.2) is 30.3 Å². The number of carbonyl (C=O) groups is 2. The van der Waals surface area contributed by atoms with Crippen molar-refractivity contribution in [3.8, 4) is 0 Å². The summed E-state index contributed by atoms with van der Waals surface area (Å²) in [6.07, 6.45) is -1.61. The predicted octanol–water partition coefficient (Wildman–Crippen LogP) is 1.80. The van der Waals surface area contributed by atoms with Gasteiger partial charge in [0, 0.05) is 5.69 Å². The molecule has 0 fully saturated rings. The Labute approximate surface area is 93.4 Å². The fourth-order valence-electron chi connectivity index (χ4n) is 1.04. The van der Waals surface area contributed by atoms with Gasteiger partial charge in [-0.2, -0.15) is 0 Å². The fourth-order valence-corrected chi connectivity index (χ4v) is 1.04. The van der Waals surface area contributed by atoms with E-state index < -0.39 is 18.2 Å². The van der Waals surface area contributed by atoms with Crippen LogP contribution in [0.5, 0.6) is 0 Å². The molecule has 5 heteroatoms. The van der Waals surface area contributed by atoms with Gasteiger partial charge < -0.3 is 9.47 Å². The van der Waals surface area contributed by atoms with E-state index in [0.717, 1.165) is 0 Å². The van der Waals surface area contributed by atoms with Crippen LogP contribution in [-0.2, 0) is 14.3 Å². The molecule has 0 bridgehead atoms. The molecule has 1 aromatic carbocycles. The van der Waals surface area contributed by atoms with Crippen molar-refractivity contribution in [2.45, 2.75) is 13.0 Å². The van der Waals surface area contributed by atoms with E-state index in [1.807, 2.05) is 6.07 Å². The van der Waals surface area contributed by atoms with E-state index in [9.17, 15) is 9.59 Å². The Balaban J connectivity index is 2.45. The molecule has 16 heavy (non-hydrogen) atoms. The van der Waals surface area contributed by atoms with Gasteiger partial charge in [0.2, 0.25) is 0 Å². The van der Waals surface area contributed by atoms with E-state index in [4.69, 9.17) is 4.74 Å². The van der Waals surface area contributed by atoms with Crippen molar-refractivity contribution in [2.75, 3.05) is 12.4 Å². The summed E-state index contributed by atoms with van der Waals surface area (Å²) in [5.74, 6) is -0.594. The zero-order valence-corrected chi connectivity index (χ0v) is 9.10. The van der Waals surface area contributed by atoms with E-state index in [1.165, 1.54) is 14.0 Å². The molecule has 0 radical (unpaired) electrons. The second-order valence-electron chi connectivity index (χ2n) is 3.06. The molecule has 0 aromatic heterocycles. The summed E-state index contributed by atoms with van der Waals surface area (Å²) in [5.41, 5.74) is 0.601. The number of ether oxygens (including phenoxy) is 2. The number of rotatable bonds is 3. The van der Waals surface area contributed by atoms with Crippen LogP contribution in [0.1, 0.15) is 6.92 Å². The Kier molecular flexibility index (Phi) is 4.32. The van der Waals surface area contributed by atoms with Gasteiger partial charge in [-0.3, -0.25) is 5.32 Å². The van der Waals surface area contributed by atoms with Crippen molar-refractivity contribution in [2.24, 2.45) is 0 Å². The van der Waals surface area contributed by atoms with Crippen LogP contribution >= 0.6 is 0 Å². The third-order valence-corrected chi connectivity index (χ3v) is 1.84. The van der Waals surface area contributed by atoms with Crippen molar-refractivity contribution < 1.29 is 19.1 Å². The zero-order chi connectivity index (χ0) is 12.0. The smallest absolute Gasteiger partial charge is 0.412 e. The number of nitrogens with one attached hydrogen (secondary N) is 1. The first-order valence-corrected chi connectivity index (χ1v) is 4.74. The Morgan fingerprint density at radius 2 is 1.88 bits per heavy atom. The van der Waals surface area contributed by atoms with E-state index in [2.05, 4.69) is 10.1 Å². The van der Waals surface area contributed by atoms with Gasteiger partial charge in [-0.05, 0) is 19.1 Å². The average Bonchev–Trinajstić information content (AvgIpc) is 2.29. The molecule has 0 spiro atoms. The summed E-state index contributed by atoms with van der Waals surface area (Å²) in [6.45, 7) is 1.44. The van der Waals surface area contributed by atoms with E-state index >= 15 is 0 Å². The summed E-state index contributed by atoms with van der Waals surface area (Å²) in [4.78, 5) is 22.3. The van der Waals surface area contributed by atoms with Crippen LogP contribution in [-0.4, -0.2) is 25.3 Å². The summed E-state index contributed by atoms with van der Waals surface area (Å²) in [6, 6.07) is 8.81. The molecule has 0 aliphatic heterocycles. The summed E-state index contributed by atoms with van der Waals surface area (Å²) in [7, 11) is 1.23. The lowest BCUT2D eigenvalue weighted by Gasteiger charge is -2.11. The molecular weight excluding hydrogens is 210 g/mol. The van der Waals surface area contributed by atoms with Gasteiger partial charge in [0.25, 0.3) is 0 Å². The van der Waals surface area contributed by atoms with Crippen LogP contribution < -0.4 is 5.32 Å². The third-order valence-electron chi connectivity index (χ3n) is 1.84. The maximum atomic E-state index is 11.3. The van der Waals surface area contributed by atoms with Crippen LogP contribution in [0.4, 0.5) is 10.5 Å². The standard InChI is InChI=1S/C11H13NO4/c1-8(10(13)15-2)16-11(14)12-9-6-4-3-5-7-9/h3-8H,1-2H3,(H,12,14). The second kappa shape index (κ2) is 5.75. The normalized spacial score (nSPS) is 11.4. The van der Waals surface area contributed by atoms with Gasteiger partial charge in [-0.15, -0.1) is 0 Å². The van der Waals surface area contributed by atoms with Gasteiger partial charge >= 0.3 is 12.1 Å². The molecule has 1 atom stereocenters. The maximum absolute atomic E-state index is 11.3. The quantitative estimate of drug-likeness (QED) is 0.793. The molecule has 0 heterocycles. The minimum atomic E-state index is -0.922. The van der Waals surface area contributed by atoms with Gasteiger partial charge in [0.1, 0.15) is 0 Å². The fraction of sp³-hybridized carbons (Fsp3) is 0.273. The summed E-state index contributed by atoms with van der Waals surface area (Å²) < 4.78 is 9.20. The highest BCUT2D eigenvalue weighted by Crippen LogP contribution is 2.06. The summed E-state index contributed by atoms with van der Waals surface area (Å²) in [5, 5.41) is 2.48. The Morgan fingerprint density at radius 1 is 1.25 bits per heavy atom. The molecule has 1 rings (SSSR count). The highest BCUT2D eigenvalue weighted by Gasteiger charge is 2.17. The minimum absolute atomic E-state index is 0.594. The van der Waals surface area contributed by atoms with Crippen molar-refractivity contribution in [3.63, 3.8) is 0 Å². The molecule has 1 N–H and O–H groups in total. The van der Waals surface area contributed by atoms with Crippen LogP contribution in [0.25, 0.3) is 0 Å². The molecule has 1 aromatic rings. The Morgan fingerprint density at radius 3 is 2.44 bits per heavy atom. The second-order valence-corrected chi connectivity index (χ2v) is 3.06. The summed E-state index contributed by atoms with van der Waals surface area (Å²) >= 11 is 0. The number of anilines is 1. The highest BCUT2D eigenvalue weighted by atomic mass is 16.6. The lowest BCUT2D eigenvalue weighted by molar-refractivity contribution is -0.149. The number of amides is 1. The third kappa shape index (κ3) is 3.61. The monoisotopic (exact) mass is 223 g/mol. The number of hydrogen-bond donors (Lipinski definition) is 1. The molecular formula is C11H13NO4. The van der Waals surface area contributed by atoms with Gasteiger partial charge in [0.15, 0.2) is 6.10 Å². The van der Waals surface area contributed by atoms with Crippen molar-refractivity contribution in [1.29, 1.82) is 0 Å². The van der Waals surface area contributed by atoms with Gasteiger partial charge in [0.05, 0.1) is 7.11 Å². The number of esters is 1. The lowest BCUT2D eigenvalue weighted by atomic mass is 10.3. The molecule has 86 valence electrons. The molecule has 0 saturated carbocycles. The van der Waals surface area contributed by atoms with E-state index in [-0.39, 0.29) is 0 Å². The Bertz CT molecular complexity index is 364. The molecule has 1 unspecified atom stereocenters.